The highest BCUT2D eigenvalue weighted by molar-refractivity contribution is 5.86. The van der Waals surface area contributed by atoms with Crippen molar-refractivity contribution in [1.29, 1.82) is 0 Å². The second-order valence-electron chi connectivity index (χ2n) is 4.46. The van der Waals surface area contributed by atoms with Crippen LogP contribution in [0.1, 0.15) is 16.7 Å². The van der Waals surface area contributed by atoms with Gasteiger partial charge in [0, 0.05) is 5.69 Å². The highest BCUT2D eigenvalue weighted by Gasteiger charge is 2.01. The van der Waals surface area contributed by atoms with Crippen molar-refractivity contribution in [3.8, 4) is 0 Å². The van der Waals surface area contributed by atoms with Gasteiger partial charge in [-0.05, 0) is 37.1 Å². The van der Waals surface area contributed by atoms with Crippen molar-refractivity contribution in [1.82, 2.24) is 0 Å². The minimum absolute atomic E-state index is 0.614. The van der Waals surface area contributed by atoms with Gasteiger partial charge in [-0.3, -0.25) is 10.2 Å². The summed E-state index contributed by atoms with van der Waals surface area (Å²) in [5.74, 6) is 0. The molecule has 0 spiro atoms. The van der Waals surface area contributed by atoms with Gasteiger partial charge in [0.15, 0.2) is 0 Å². The molecular formula is C16H16N2O2. The molecular weight excluding hydrogens is 252 g/mol. The van der Waals surface area contributed by atoms with Gasteiger partial charge in [-0.2, -0.15) is 0 Å². The van der Waals surface area contributed by atoms with Crippen LogP contribution in [0.5, 0.6) is 0 Å². The maximum Gasteiger partial charge on any atom is 0.437 e. The molecule has 1 N–H and O–H groups in total. The lowest BCUT2D eigenvalue weighted by Gasteiger charge is -2.02. The number of para-hydroxylation sites is 1. The number of carbonyl (C=O) groups excluding carboxylic acids is 1. The number of aryl methyl sites for hydroxylation is 2. The van der Waals surface area contributed by atoms with Crippen LogP contribution in [0, 0.1) is 13.8 Å². The number of hydrogen-bond acceptors (Lipinski definition) is 3. The molecule has 0 aromatic heterocycles. The highest BCUT2D eigenvalue weighted by Crippen LogP contribution is 2.08. The van der Waals surface area contributed by atoms with Crippen molar-refractivity contribution in [2.24, 2.45) is 5.16 Å². The molecule has 0 aliphatic heterocycles. The molecule has 0 aliphatic rings. The van der Waals surface area contributed by atoms with Crippen LogP contribution in [-0.2, 0) is 4.84 Å². The van der Waals surface area contributed by atoms with E-state index in [4.69, 9.17) is 4.84 Å². The van der Waals surface area contributed by atoms with Gasteiger partial charge in [0.2, 0.25) is 0 Å². The molecule has 102 valence electrons. The molecule has 0 saturated heterocycles. The number of hydrogen-bond donors (Lipinski definition) is 1. The lowest BCUT2D eigenvalue weighted by atomic mass is 10.1. The molecule has 0 saturated carbocycles. The number of nitrogens with zero attached hydrogens (tertiary/aromatic N) is 1. The third-order valence-electron chi connectivity index (χ3n) is 2.77. The normalized spacial score (nSPS) is 10.5. The van der Waals surface area contributed by atoms with Gasteiger partial charge in [0.05, 0.1) is 6.21 Å². The van der Waals surface area contributed by atoms with Crippen LogP contribution >= 0.6 is 0 Å². The summed E-state index contributed by atoms with van der Waals surface area (Å²) >= 11 is 0. The average molecular weight is 268 g/mol. The zero-order valence-corrected chi connectivity index (χ0v) is 11.5. The summed E-state index contributed by atoms with van der Waals surface area (Å²) in [6.45, 7) is 4.01. The van der Waals surface area contributed by atoms with E-state index in [-0.39, 0.29) is 0 Å². The SMILES string of the molecule is Cc1ccc(C=NOC(=O)Nc2ccccc2)c(C)c1. The van der Waals surface area contributed by atoms with Gasteiger partial charge in [0.25, 0.3) is 0 Å². The van der Waals surface area contributed by atoms with E-state index in [1.54, 1.807) is 12.1 Å². The third kappa shape index (κ3) is 3.95. The molecule has 4 nitrogen and oxygen atoms in total. The molecule has 0 heterocycles. The van der Waals surface area contributed by atoms with Crippen LogP contribution in [-0.4, -0.2) is 12.3 Å². The summed E-state index contributed by atoms with van der Waals surface area (Å²) in [4.78, 5) is 16.2. The topological polar surface area (TPSA) is 50.7 Å². The fraction of sp³-hybridized carbons (Fsp3) is 0.125. The van der Waals surface area contributed by atoms with E-state index >= 15 is 0 Å². The summed E-state index contributed by atoms with van der Waals surface area (Å²) in [5, 5.41) is 6.27. The van der Waals surface area contributed by atoms with E-state index in [9.17, 15) is 4.79 Å². The molecule has 1 amide bonds. The second-order valence-corrected chi connectivity index (χ2v) is 4.46. The second kappa shape index (κ2) is 6.52. The number of nitrogens with one attached hydrogen (secondary N) is 1. The Labute approximate surface area is 118 Å². The van der Waals surface area contributed by atoms with E-state index in [0.29, 0.717) is 5.69 Å². The molecule has 0 radical (unpaired) electrons. The zero-order chi connectivity index (χ0) is 14.4. The smallest absolute Gasteiger partial charge is 0.298 e. The van der Waals surface area contributed by atoms with Gasteiger partial charge in [-0.25, -0.2) is 4.79 Å². The van der Waals surface area contributed by atoms with Crippen LogP contribution in [0.25, 0.3) is 0 Å². The highest BCUT2D eigenvalue weighted by atomic mass is 16.7. The predicted molar refractivity (Wildman–Crippen MR) is 80.1 cm³/mol. The number of anilines is 1. The number of oxime groups is 1. The quantitative estimate of drug-likeness (QED) is 0.521. The molecule has 0 aliphatic carbocycles. The standard InChI is InChI=1S/C16H16N2O2/c1-12-8-9-14(13(2)10-12)11-17-20-16(19)18-15-6-4-3-5-7-15/h3-11H,1-2H3,(H,18,19). The molecule has 2 aromatic rings. The molecule has 2 aromatic carbocycles. The molecule has 20 heavy (non-hydrogen) atoms. The molecule has 2 rings (SSSR count). The Balaban J connectivity index is 1.91. The largest absolute Gasteiger partial charge is 0.437 e. The summed E-state index contributed by atoms with van der Waals surface area (Å²) < 4.78 is 0. The van der Waals surface area contributed by atoms with E-state index in [1.807, 2.05) is 50.2 Å². The van der Waals surface area contributed by atoms with Crippen molar-refractivity contribution in [2.45, 2.75) is 13.8 Å². The van der Waals surface area contributed by atoms with Gasteiger partial charge in [-0.1, -0.05) is 47.1 Å². The zero-order valence-electron chi connectivity index (χ0n) is 11.5. The van der Waals surface area contributed by atoms with Crippen LogP contribution in [0.2, 0.25) is 0 Å². The van der Waals surface area contributed by atoms with E-state index in [1.165, 1.54) is 11.8 Å². The Morgan fingerprint density at radius 1 is 1.15 bits per heavy atom. The molecule has 0 bridgehead atoms. The Kier molecular flexibility index (Phi) is 4.50. The summed E-state index contributed by atoms with van der Waals surface area (Å²) in [6.07, 6.45) is 0.913. The minimum atomic E-state index is -0.614. The number of benzene rings is 2. The van der Waals surface area contributed by atoms with Crippen molar-refractivity contribution in [2.75, 3.05) is 5.32 Å². The lowest BCUT2D eigenvalue weighted by molar-refractivity contribution is 0.167. The molecule has 0 atom stereocenters. The van der Waals surface area contributed by atoms with E-state index in [0.717, 1.165) is 11.1 Å². The summed E-state index contributed by atoms with van der Waals surface area (Å²) in [5.41, 5.74) is 3.85. The first-order chi connectivity index (χ1) is 9.65. The molecule has 0 unspecified atom stereocenters. The predicted octanol–water partition coefficient (Wildman–Crippen LogP) is 3.89. The Morgan fingerprint density at radius 3 is 2.60 bits per heavy atom. The summed E-state index contributed by atoms with van der Waals surface area (Å²) in [7, 11) is 0. The first kappa shape index (κ1) is 13.8. The fourth-order valence-electron chi connectivity index (χ4n) is 1.76. The van der Waals surface area contributed by atoms with Gasteiger partial charge < -0.3 is 0 Å². The number of amides is 1. The van der Waals surface area contributed by atoms with Crippen LogP contribution in [0.3, 0.4) is 0 Å². The van der Waals surface area contributed by atoms with Crippen molar-refractivity contribution < 1.29 is 9.63 Å². The first-order valence-corrected chi connectivity index (χ1v) is 6.29. The van der Waals surface area contributed by atoms with Crippen LogP contribution in [0.4, 0.5) is 10.5 Å². The van der Waals surface area contributed by atoms with Gasteiger partial charge in [-0.15, -0.1) is 0 Å². The maximum absolute atomic E-state index is 11.5. The third-order valence-corrected chi connectivity index (χ3v) is 2.77. The molecule has 0 fully saturated rings. The van der Waals surface area contributed by atoms with Crippen molar-refractivity contribution in [3.63, 3.8) is 0 Å². The van der Waals surface area contributed by atoms with Crippen LogP contribution < -0.4 is 5.32 Å². The Bertz CT molecular complexity index is 622. The fourth-order valence-corrected chi connectivity index (χ4v) is 1.76. The lowest BCUT2D eigenvalue weighted by Crippen LogP contribution is -2.10. The van der Waals surface area contributed by atoms with E-state index in [2.05, 4.69) is 10.5 Å². The van der Waals surface area contributed by atoms with Crippen LogP contribution in [0.15, 0.2) is 53.7 Å². The Hall–Kier alpha value is -2.62. The first-order valence-electron chi connectivity index (χ1n) is 6.29. The number of carbonyl (C=O) groups is 1. The van der Waals surface area contributed by atoms with Gasteiger partial charge in [0.1, 0.15) is 0 Å². The van der Waals surface area contributed by atoms with Crippen molar-refractivity contribution >= 4 is 18.0 Å². The monoisotopic (exact) mass is 268 g/mol. The van der Waals surface area contributed by atoms with Crippen molar-refractivity contribution in [3.05, 3.63) is 65.2 Å². The maximum atomic E-state index is 11.5. The summed E-state index contributed by atoms with van der Waals surface area (Å²) in [6, 6.07) is 15.0. The average Bonchev–Trinajstić information content (AvgIpc) is 2.42. The Morgan fingerprint density at radius 2 is 1.90 bits per heavy atom. The number of rotatable bonds is 3. The molecule has 4 heteroatoms. The van der Waals surface area contributed by atoms with E-state index < -0.39 is 6.09 Å². The van der Waals surface area contributed by atoms with Gasteiger partial charge >= 0.3 is 6.09 Å². The minimum Gasteiger partial charge on any atom is -0.298 e.